The summed E-state index contributed by atoms with van der Waals surface area (Å²) in [6, 6.07) is 5.71. The normalized spacial score (nSPS) is 13.9. The van der Waals surface area contributed by atoms with E-state index in [0.29, 0.717) is 16.1 Å². The first-order valence-corrected chi connectivity index (χ1v) is 11.6. The molecule has 1 aromatic heterocycles. The summed E-state index contributed by atoms with van der Waals surface area (Å²) in [6.45, 7) is -0.477. The van der Waals surface area contributed by atoms with Gasteiger partial charge in [0.2, 0.25) is 0 Å². The van der Waals surface area contributed by atoms with Gasteiger partial charge in [-0.2, -0.15) is 0 Å². The van der Waals surface area contributed by atoms with E-state index in [1.54, 1.807) is 0 Å². The Balaban J connectivity index is 1.26. The van der Waals surface area contributed by atoms with Gasteiger partial charge in [-0.3, -0.25) is 14.4 Å². The van der Waals surface area contributed by atoms with Crippen molar-refractivity contribution in [3.63, 3.8) is 0 Å². The number of Topliss-reactive ketones (excluding diaryl/α,β-unsaturated/α-hetero) is 1. The summed E-state index contributed by atoms with van der Waals surface area (Å²) in [7, 11) is 1.30. The van der Waals surface area contributed by atoms with Crippen molar-refractivity contribution < 1.29 is 28.7 Å². The van der Waals surface area contributed by atoms with Crippen LogP contribution in [0.5, 0.6) is 0 Å². The third-order valence-corrected chi connectivity index (χ3v) is 7.11. The number of ether oxygens (including phenoxy) is 2. The van der Waals surface area contributed by atoms with Crippen molar-refractivity contribution in [1.29, 1.82) is 0 Å². The van der Waals surface area contributed by atoms with Gasteiger partial charge in [0.1, 0.15) is 5.00 Å². The predicted molar refractivity (Wildman–Crippen MR) is 119 cm³/mol. The Morgan fingerprint density at radius 3 is 2.59 bits per heavy atom. The Labute approximate surface area is 190 Å². The molecule has 2 aliphatic carbocycles. The number of thiophene rings is 1. The second-order valence-electron chi connectivity index (χ2n) is 8.02. The van der Waals surface area contributed by atoms with Crippen molar-refractivity contribution in [3.8, 4) is 0 Å². The summed E-state index contributed by atoms with van der Waals surface area (Å²) in [6.07, 6.45) is 5.70. The molecule has 1 N–H and O–H groups in total. The molecule has 8 heteroatoms. The lowest BCUT2D eigenvalue weighted by atomic mass is 10.0. The van der Waals surface area contributed by atoms with E-state index in [2.05, 4.69) is 5.32 Å². The van der Waals surface area contributed by atoms with Crippen LogP contribution in [0, 0.1) is 0 Å². The van der Waals surface area contributed by atoms with Gasteiger partial charge in [0.15, 0.2) is 12.4 Å². The Bertz CT molecular complexity index is 1090. The van der Waals surface area contributed by atoms with Gasteiger partial charge in [-0.05, 0) is 61.3 Å². The average Bonchev–Trinajstić information content (AvgIpc) is 3.50. The third-order valence-electron chi connectivity index (χ3n) is 5.90. The highest BCUT2D eigenvalue weighted by molar-refractivity contribution is 7.17. The number of carbonyl (C=O) groups excluding carboxylic acids is 4. The first-order chi connectivity index (χ1) is 15.5. The maximum absolute atomic E-state index is 12.4. The van der Waals surface area contributed by atoms with Gasteiger partial charge in [-0.15, -0.1) is 11.3 Å². The van der Waals surface area contributed by atoms with Crippen LogP contribution in [0.15, 0.2) is 18.2 Å². The standard InChI is InChI=1S/C24H25NO6S/c1-30-24(29)22-17-6-3-7-19(17)32-23(22)25-20(27)13-31-21(28)11-10-18(26)16-9-8-14-4-2-5-15(14)12-16/h8-9,12H,2-7,10-11,13H2,1H3,(H,25,27). The number of ketones is 1. The lowest BCUT2D eigenvalue weighted by Crippen LogP contribution is -2.22. The van der Waals surface area contributed by atoms with E-state index in [-0.39, 0.29) is 18.6 Å². The number of hydrogen-bond acceptors (Lipinski definition) is 7. The Morgan fingerprint density at radius 1 is 1.00 bits per heavy atom. The van der Waals surface area contributed by atoms with Gasteiger partial charge in [-0.25, -0.2) is 4.79 Å². The van der Waals surface area contributed by atoms with Gasteiger partial charge in [-0.1, -0.05) is 12.1 Å². The van der Waals surface area contributed by atoms with E-state index in [0.717, 1.165) is 49.0 Å². The van der Waals surface area contributed by atoms with Crippen molar-refractivity contribution in [2.24, 2.45) is 0 Å². The lowest BCUT2D eigenvalue weighted by Gasteiger charge is -2.08. The van der Waals surface area contributed by atoms with Crippen LogP contribution < -0.4 is 5.32 Å². The molecular formula is C24H25NO6S. The molecule has 1 aromatic carbocycles. The van der Waals surface area contributed by atoms with Gasteiger partial charge >= 0.3 is 11.9 Å². The summed E-state index contributed by atoms with van der Waals surface area (Å²) in [4.78, 5) is 49.9. The fourth-order valence-corrected chi connectivity index (χ4v) is 5.59. The summed E-state index contributed by atoms with van der Waals surface area (Å²) >= 11 is 1.36. The minimum absolute atomic E-state index is 0.0311. The van der Waals surface area contributed by atoms with E-state index in [1.165, 1.54) is 29.6 Å². The van der Waals surface area contributed by atoms with Gasteiger partial charge in [0.25, 0.3) is 5.91 Å². The predicted octanol–water partition coefficient (Wildman–Crippen LogP) is 3.66. The molecule has 1 amide bonds. The maximum atomic E-state index is 12.4. The number of benzene rings is 1. The number of hydrogen-bond donors (Lipinski definition) is 1. The monoisotopic (exact) mass is 455 g/mol. The first kappa shape index (κ1) is 22.2. The molecule has 2 aliphatic rings. The number of aryl methyl sites for hydroxylation is 3. The van der Waals surface area contributed by atoms with Crippen molar-refractivity contribution in [2.45, 2.75) is 51.4 Å². The van der Waals surface area contributed by atoms with Gasteiger partial charge < -0.3 is 14.8 Å². The Morgan fingerprint density at radius 2 is 1.78 bits per heavy atom. The average molecular weight is 456 g/mol. The smallest absolute Gasteiger partial charge is 0.341 e. The number of fused-ring (bicyclic) bond motifs is 2. The molecule has 168 valence electrons. The summed E-state index contributed by atoms with van der Waals surface area (Å²) < 4.78 is 9.88. The molecule has 1 heterocycles. The summed E-state index contributed by atoms with van der Waals surface area (Å²) in [5.41, 5.74) is 4.43. The van der Waals surface area contributed by atoms with Crippen LogP contribution in [0.1, 0.15) is 68.0 Å². The van der Waals surface area contributed by atoms with Crippen LogP contribution in [0.2, 0.25) is 0 Å². The van der Waals surface area contributed by atoms with Crippen LogP contribution in [0.3, 0.4) is 0 Å². The molecule has 0 atom stereocenters. The van der Waals surface area contributed by atoms with E-state index in [4.69, 9.17) is 9.47 Å². The molecule has 0 saturated heterocycles. The fraction of sp³-hybridized carbons (Fsp3) is 0.417. The van der Waals surface area contributed by atoms with Crippen LogP contribution >= 0.6 is 11.3 Å². The minimum Gasteiger partial charge on any atom is -0.465 e. The minimum atomic E-state index is -0.614. The van der Waals surface area contributed by atoms with Crippen LogP contribution in [-0.2, 0) is 44.7 Å². The molecule has 2 aromatic rings. The van der Waals surface area contributed by atoms with Gasteiger partial charge in [0.05, 0.1) is 19.1 Å². The van der Waals surface area contributed by atoms with Crippen molar-refractivity contribution in [3.05, 3.63) is 50.9 Å². The van der Waals surface area contributed by atoms with Crippen LogP contribution in [0.4, 0.5) is 5.00 Å². The molecule has 4 rings (SSSR count). The van der Waals surface area contributed by atoms with Gasteiger partial charge in [0, 0.05) is 16.9 Å². The highest BCUT2D eigenvalue weighted by atomic mass is 32.1. The molecule has 0 spiro atoms. The quantitative estimate of drug-likeness (QED) is 0.482. The van der Waals surface area contributed by atoms with E-state index < -0.39 is 24.5 Å². The Kier molecular flexibility index (Phi) is 6.69. The van der Waals surface area contributed by atoms with Crippen molar-refractivity contribution in [2.75, 3.05) is 19.0 Å². The van der Waals surface area contributed by atoms with Crippen molar-refractivity contribution in [1.82, 2.24) is 0 Å². The molecular weight excluding hydrogens is 430 g/mol. The molecule has 0 aliphatic heterocycles. The zero-order valence-corrected chi connectivity index (χ0v) is 18.8. The second kappa shape index (κ2) is 9.65. The Hall–Kier alpha value is -3.00. The zero-order valence-electron chi connectivity index (χ0n) is 18.0. The van der Waals surface area contributed by atoms with E-state index in [1.807, 2.05) is 18.2 Å². The molecule has 0 fully saturated rings. The molecule has 0 saturated carbocycles. The molecule has 0 radical (unpaired) electrons. The molecule has 0 bridgehead atoms. The number of esters is 2. The fourth-order valence-electron chi connectivity index (χ4n) is 4.30. The molecule has 7 nitrogen and oxygen atoms in total. The molecule has 32 heavy (non-hydrogen) atoms. The largest absolute Gasteiger partial charge is 0.465 e. The highest BCUT2D eigenvalue weighted by Gasteiger charge is 2.28. The number of carbonyl (C=O) groups is 4. The number of amides is 1. The van der Waals surface area contributed by atoms with Crippen LogP contribution in [0.25, 0.3) is 0 Å². The second-order valence-corrected chi connectivity index (χ2v) is 9.13. The van der Waals surface area contributed by atoms with E-state index >= 15 is 0 Å². The maximum Gasteiger partial charge on any atom is 0.341 e. The summed E-state index contributed by atoms with van der Waals surface area (Å²) in [5.74, 6) is -1.75. The number of methoxy groups -OCH3 is 1. The number of nitrogens with one attached hydrogen (secondary N) is 1. The highest BCUT2D eigenvalue weighted by Crippen LogP contribution is 2.39. The number of anilines is 1. The lowest BCUT2D eigenvalue weighted by molar-refractivity contribution is -0.147. The first-order valence-electron chi connectivity index (χ1n) is 10.8. The van der Waals surface area contributed by atoms with E-state index in [9.17, 15) is 19.2 Å². The topological polar surface area (TPSA) is 98.8 Å². The van der Waals surface area contributed by atoms with Crippen LogP contribution in [-0.4, -0.2) is 37.3 Å². The SMILES string of the molecule is COC(=O)c1c(NC(=O)COC(=O)CCC(=O)c2ccc3c(c2)CCC3)sc2c1CCC2. The summed E-state index contributed by atoms with van der Waals surface area (Å²) in [5, 5.41) is 3.09. The number of rotatable bonds is 8. The third kappa shape index (κ3) is 4.75. The zero-order chi connectivity index (χ0) is 22.7. The van der Waals surface area contributed by atoms with Crippen molar-refractivity contribution >= 4 is 40.0 Å². The molecule has 0 unspecified atom stereocenters.